The summed E-state index contributed by atoms with van der Waals surface area (Å²) in [5.41, 5.74) is 1.02. The van der Waals surface area contributed by atoms with Gasteiger partial charge in [0.15, 0.2) is 11.6 Å². The zero-order valence-electron chi connectivity index (χ0n) is 11.9. The molecule has 3 nitrogen and oxygen atoms in total. The highest BCUT2D eigenvalue weighted by atomic mass is 19.1. The van der Waals surface area contributed by atoms with Crippen LogP contribution >= 0.6 is 0 Å². The first-order chi connectivity index (χ1) is 9.17. The smallest absolute Gasteiger partial charge is 0.165 e. The van der Waals surface area contributed by atoms with Gasteiger partial charge in [0.2, 0.25) is 0 Å². The number of rotatable bonds is 5. The van der Waals surface area contributed by atoms with Gasteiger partial charge in [-0.1, -0.05) is 6.07 Å². The zero-order chi connectivity index (χ0) is 13.8. The Morgan fingerprint density at radius 1 is 1.53 bits per heavy atom. The van der Waals surface area contributed by atoms with E-state index in [-0.39, 0.29) is 11.9 Å². The molecule has 0 spiro atoms. The van der Waals surface area contributed by atoms with Gasteiger partial charge >= 0.3 is 0 Å². The summed E-state index contributed by atoms with van der Waals surface area (Å²) in [6.45, 7) is 4.22. The molecule has 106 valence electrons. The number of hydrogen-bond donors (Lipinski definition) is 1. The lowest BCUT2D eigenvalue weighted by atomic mass is 10.1. The Morgan fingerprint density at radius 2 is 2.32 bits per heavy atom. The van der Waals surface area contributed by atoms with Crippen LogP contribution in [0.25, 0.3) is 0 Å². The van der Waals surface area contributed by atoms with E-state index in [0.717, 1.165) is 18.7 Å². The highest BCUT2D eigenvalue weighted by Crippen LogP contribution is 2.30. The molecular weight excluding hydrogens is 243 g/mol. The number of nitrogens with one attached hydrogen (secondary N) is 1. The maximum absolute atomic E-state index is 13.8. The second-order valence-electron chi connectivity index (χ2n) is 5.16. The van der Waals surface area contributed by atoms with Crippen LogP contribution in [0.15, 0.2) is 18.2 Å². The second kappa shape index (κ2) is 6.35. The molecule has 1 aliphatic heterocycles. The molecule has 0 radical (unpaired) electrons. The summed E-state index contributed by atoms with van der Waals surface area (Å²) in [6.07, 6.45) is 2.43. The average molecular weight is 266 g/mol. The lowest BCUT2D eigenvalue weighted by molar-refractivity contribution is 0.190. The van der Waals surface area contributed by atoms with E-state index in [9.17, 15) is 4.39 Å². The van der Waals surface area contributed by atoms with E-state index in [2.05, 4.69) is 17.1 Å². The summed E-state index contributed by atoms with van der Waals surface area (Å²) in [5, 5.41) is 3.24. The molecule has 0 bridgehead atoms. The lowest BCUT2D eigenvalue weighted by Crippen LogP contribution is -2.38. The predicted octanol–water partition coefficient (Wildman–Crippen LogP) is 2.58. The zero-order valence-corrected chi connectivity index (χ0v) is 11.9. The molecule has 1 aliphatic rings. The van der Waals surface area contributed by atoms with Crippen molar-refractivity contribution < 1.29 is 9.13 Å². The molecule has 2 unspecified atom stereocenters. The summed E-state index contributed by atoms with van der Waals surface area (Å²) in [6, 6.07) is 6.05. The molecule has 2 atom stereocenters. The van der Waals surface area contributed by atoms with E-state index in [1.807, 2.05) is 13.1 Å². The molecule has 0 aromatic heterocycles. The van der Waals surface area contributed by atoms with Gasteiger partial charge < -0.3 is 10.1 Å². The molecular formula is C15H23FN2O. The van der Waals surface area contributed by atoms with Gasteiger partial charge in [-0.15, -0.1) is 0 Å². The summed E-state index contributed by atoms with van der Waals surface area (Å²) < 4.78 is 18.8. The van der Waals surface area contributed by atoms with Crippen molar-refractivity contribution in [2.45, 2.75) is 31.8 Å². The number of likely N-dealkylation sites (tertiary alicyclic amines) is 1. The fraction of sp³-hybridized carbons (Fsp3) is 0.600. The summed E-state index contributed by atoms with van der Waals surface area (Å²) in [7, 11) is 3.47. The molecule has 1 aromatic rings. The fourth-order valence-corrected chi connectivity index (χ4v) is 2.96. The highest BCUT2D eigenvalue weighted by Gasteiger charge is 2.28. The Hall–Kier alpha value is -1.13. The van der Waals surface area contributed by atoms with Crippen LogP contribution in [0.1, 0.15) is 31.4 Å². The van der Waals surface area contributed by atoms with Gasteiger partial charge in [-0.3, -0.25) is 4.90 Å². The Morgan fingerprint density at radius 3 is 2.95 bits per heavy atom. The molecule has 1 fully saturated rings. The topological polar surface area (TPSA) is 24.5 Å². The van der Waals surface area contributed by atoms with Crippen molar-refractivity contribution >= 4 is 0 Å². The first-order valence-electron chi connectivity index (χ1n) is 6.91. The van der Waals surface area contributed by atoms with Crippen LogP contribution in [0.4, 0.5) is 4.39 Å². The number of hydrogen-bond acceptors (Lipinski definition) is 3. The molecule has 0 aliphatic carbocycles. The largest absolute Gasteiger partial charge is 0.494 e. The molecule has 1 aromatic carbocycles. The lowest BCUT2D eigenvalue weighted by Gasteiger charge is -2.31. The van der Waals surface area contributed by atoms with Gasteiger partial charge in [-0.25, -0.2) is 4.39 Å². The molecule has 2 rings (SSSR count). The van der Waals surface area contributed by atoms with Gasteiger partial charge in [0.1, 0.15) is 0 Å². The standard InChI is InChI=1S/C15H23FN2O/c1-11(18-8-4-5-13(18)10-17-2)12-6-7-15(19-3)14(16)9-12/h6-7,9,11,13,17H,4-5,8,10H2,1-3H3. The third-order valence-corrected chi connectivity index (χ3v) is 4.02. The van der Waals surface area contributed by atoms with Crippen molar-refractivity contribution in [3.63, 3.8) is 0 Å². The van der Waals surface area contributed by atoms with Crippen molar-refractivity contribution in [3.8, 4) is 5.75 Å². The highest BCUT2D eigenvalue weighted by molar-refractivity contribution is 5.31. The second-order valence-corrected chi connectivity index (χ2v) is 5.16. The first-order valence-corrected chi connectivity index (χ1v) is 6.91. The number of likely N-dealkylation sites (N-methyl/N-ethyl adjacent to an activating group) is 1. The Balaban J connectivity index is 2.14. The molecule has 1 heterocycles. The van der Waals surface area contributed by atoms with Gasteiger partial charge in [0.25, 0.3) is 0 Å². The van der Waals surface area contributed by atoms with Crippen molar-refractivity contribution in [3.05, 3.63) is 29.6 Å². The predicted molar refractivity (Wildman–Crippen MR) is 75.0 cm³/mol. The number of benzene rings is 1. The molecule has 1 saturated heterocycles. The van der Waals surface area contributed by atoms with Crippen LogP contribution < -0.4 is 10.1 Å². The van der Waals surface area contributed by atoms with E-state index < -0.39 is 0 Å². The van der Waals surface area contributed by atoms with Crippen LogP contribution in [0.2, 0.25) is 0 Å². The minimum atomic E-state index is -0.281. The van der Waals surface area contributed by atoms with E-state index in [1.165, 1.54) is 20.0 Å². The molecule has 0 amide bonds. The van der Waals surface area contributed by atoms with Gasteiger partial charge in [0, 0.05) is 18.6 Å². The van der Waals surface area contributed by atoms with E-state index in [4.69, 9.17) is 4.74 Å². The van der Waals surface area contributed by atoms with E-state index >= 15 is 0 Å². The van der Waals surface area contributed by atoms with Crippen molar-refractivity contribution in [2.24, 2.45) is 0 Å². The SMILES string of the molecule is CNCC1CCCN1C(C)c1ccc(OC)c(F)c1. The van der Waals surface area contributed by atoms with Crippen LogP contribution in [-0.2, 0) is 0 Å². The molecule has 1 N–H and O–H groups in total. The minimum Gasteiger partial charge on any atom is -0.494 e. The monoisotopic (exact) mass is 266 g/mol. The molecule has 4 heteroatoms. The van der Waals surface area contributed by atoms with Crippen molar-refractivity contribution in [2.75, 3.05) is 27.2 Å². The van der Waals surface area contributed by atoms with Gasteiger partial charge in [-0.2, -0.15) is 0 Å². The summed E-state index contributed by atoms with van der Waals surface area (Å²) >= 11 is 0. The molecule has 0 saturated carbocycles. The Bertz CT molecular complexity index is 425. The third kappa shape index (κ3) is 3.07. The van der Waals surface area contributed by atoms with Crippen LogP contribution in [0, 0.1) is 5.82 Å². The van der Waals surface area contributed by atoms with Gasteiger partial charge in [0.05, 0.1) is 7.11 Å². The Labute approximate surface area is 114 Å². The van der Waals surface area contributed by atoms with Crippen molar-refractivity contribution in [1.82, 2.24) is 10.2 Å². The van der Waals surface area contributed by atoms with Crippen molar-refractivity contribution in [1.29, 1.82) is 0 Å². The van der Waals surface area contributed by atoms with E-state index in [0.29, 0.717) is 11.8 Å². The summed E-state index contributed by atoms with van der Waals surface area (Å²) in [5.74, 6) is 0.0281. The van der Waals surface area contributed by atoms with Crippen LogP contribution in [0.5, 0.6) is 5.75 Å². The average Bonchev–Trinajstić information content (AvgIpc) is 2.86. The normalized spacial score (nSPS) is 21.6. The third-order valence-electron chi connectivity index (χ3n) is 4.02. The first kappa shape index (κ1) is 14.3. The number of ether oxygens (including phenoxy) is 1. The summed E-state index contributed by atoms with van der Waals surface area (Å²) in [4.78, 5) is 2.46. The van der Waals surface area contributed by atoms with Gasteiger partial charge in [-0.05, 0) is 51.1 Å². The number of nitrogens with zero attached hydrogens (tertiary/aromatic N) is 1. The Kier molecular flexibility index (Phi) is 4.77. The van der Waals surface area contributed by atoms with Crippen LogP contribution in [0.3, 0.4) is 0 Å². The maximum Gasteiger partial charge on any atom is 0.165 e. The fourth-order valence-electron chi connectivity index (χ4n) is 2.96. The minimum absolute atomic E-state index is 0.237. The van der Waals surface area contributed by atoms with Crippen LogP contribution in [-0.4, -0.2) is 38.2 Å². The quantitative estimate of drug-likeness (QED) is 0.886. The number of methoxy groups -OCH3 is 1. The molecule has 19 heavy (non-hydrogen) atoms. The number of halogens is 1. The van der Waals surface area contributed by atoms with E-state index in [1.54, 1.807) is 12.1 Å². The maximum atomic E-state index is 13.8.